The highest BCUT2D eigenvalue weighted by Crippen LogP contribution is 2.36. The molecule has 0 saturated carbocycles. The maximum Gasteiger partial charge on any atom is 0.238 e. The number of hydrogen-bond donors (Lipinski definition) is 2. The van der Waals surface area contributed by atoms with Crippen LogP contribution in [0.25, 0.3) is 20.7 Å². The van der Waals surface area contributed by atoms with Gasteiger partial charge in [0, 0.05) is 10.6 Å². The number of anilines is 2. The number of benzene rings is 2. The number of nitrogens with zero attached hydrogens (tertiary/aromatic N) is 2. The second-order valence-electron chi connectivity index (χ2n) is 5.61. The number of thiophene rings is 1. The van der Waals surface area contributed by atoms with E-state index in [-0.39, 0.29) is 4.90 Å². The van der Waals surface area contributed by atoms with Crippen LogP contribution in [0.3, 0.4) is 0 Å². The molecule has 0 fully saturated rings. The zero-order chi connectivity index (χ0) is 18.1. The summed E-state index contributed by atoms with van der Waals surface area (Å²) in [5, 5.41) is 8.36. The average molecular weight is 382 g/mol. The van der Waals surface area contributed by atoms with Crippen molar-refractivity contribution in [3.63, 3.8) is 0 Å². The van der Waals surface area contributed by atoms with Crippen molar-refractivity contribution in [1.82, 2.24) is 9.97 Å². The minimum atomic E-state index is -3.76. The topological polar surface area (TPSA) is 98.0 Å². The molecule has 0 spiro atoms. The SMILES string of the molecule is NS(=O)(=O)c1cccc(Nc2ncnc3cc(-c4ccccc4)sc23)c1. The molecule has 130 valence electrons. The molecule has 0 aliphatic heterocycles. The summed E-state index contributed by atoms with van der Waals surface area (Å²) < 4.78 is 24.0. The zero-order valence-corrected chi connectivity index (χ0v) is 15.1. The Kier molecular flexibility index (Phi) is 4.15. The number of fused-ring (bicyclic) bond motifs is 1. The van der Waals surface area contributed by atoms with Crippen molar-refractivity contribution in [2.45, 2.75) is 4.90 Å². The zero-order valence-electron chi connectivity index (χ0n) is 13.5. The Balaban J connectivity index is 1.75. The number of nitrogens with one attached hydrogen (secondary N) is 1. The first-order valence-electron chi connectivity index (χ1n) is 7.70. The Hall–Kier alpha value is -2.81. The average Bonchev–Trinajstić information content (AvgIpc) is 3.07. The molecule has 0 saturated heterocycles. The molecule has 26 heavy (non-hydrogen) atoms. The molecule has 2 aromatic heterocycles. The van der Waals surface area contributed by atoms with Gasteiger partial charge in [-0.05, 0) is 29.8 Å². The summed E-state index contributed by atoms with van der Waals surface area (Å²) in [7, 11) is -3.76. The molecule has 0 bridgehead atoms. The van der Waals surface area contributed by atoms with Crippen molar-refractivity contribution < 1.29 is 8.42 Å². The fraction of sp³-hybridized carbons (Fsp3) is 0. The van der Waals surface area contributed by atoms with Crippen LogP contribution in [0.15, 0.2) is 71.9 Å². The lowest BCUT2D eigenvalue weighted by molar-refractivity contribution is 0.598. The number of sulfonamides is 1. The lowest BCUT2D eigenvalue weighted by Gasteiger charge is -2.07. The molecule has 0 aliphatic rings. The first-order valence-corrected chi connectivity index (χ1v) is 10.1. The van der Waals surface area contributed by atoms with Crippen LogP contribution in [0.4, 0.5) is 11.5 Å². The summed E-state index contributed by atoms with van der Waals surface area (Å²) in [6, 6.07) is 18.4. The van der Waals surface area contributed by atoms with Gasteiger partial charge in [0.25, 0.3) is 0 Å². The predicted octanol–water partition coefficient (Wildman–Crippen LogP) is 3.75. The fourth-order valence-electron chi connectivity index (χ4n) is 2.58. The maximum absolute atomic E-state index is 11.5. The van der Waals surface area contributed by atoms with E-state index in [0.29, 0.717) is 11.5 Å². The third-order valence-electron chi connectivity index (χ3n) is 3.79. The van der Waals surface area contributed by atoms with E-state index in [9.17, 15) is 8.42 Å². The number of primary sulfonamides is 1. The first kappa shape index (κ1) is 16.6. The Bertz CT molecular complexity index is 1190. The molecule has 4 rings (SSSR count). The standard InChI is InChI=1S/C18H14N4O2S2/c19-26(23,24)14-8-4-7-13(9-14)22-18-17-15(20-11-21-18)10-16(25-17)12-5-2-1-3-6-12/h1-11H,(H2,19,23,24)(H,20,21,22). The van der Waals surface area contributed by atoms with Gasteiger partial charge < -0.3 is 5.32 Å². The van der Waals surface area contributed by atoms with E-state index in [1.807, 2.05) is 36.4 Å². The van der Waals surface area contributed by atoms with Crippen LogP contribution in [-0.2, 0) is 10.0 Å². The van der Waals surface area contributed by atoms with Gasteiger partial charge in [0.15, 0.2) is 5.82 Å². The van der Waals surface area contributed by atoms with Crippen molar-refractivity contribution >= 4 is 43.1 Å². The first-order chi connectivity index (χ1) is 12.5. The van der Waals surface area contributed by atoms with Gasteiger partial charge in [-0.1, -0.05) is 36.4 Å². The molecule has 0 unspecified atom stereocenters. The van der Waals surface area contributed by atoms with Crippen LogP contribution >= 0.6 is 11.3 Å². The number of aromatic nitrogens is 2. The lowest BCUT2D eigenvalue weighted by atomic mass is 10.2. The summed E-state index contributed by atoms with van der Waals surface area (Å²) in [5.41, 5.74) is 2.53. The van der Waals surface area contributed by atoms with E-state index in [0.717, 1.165) is 20.7 Å². The summed E-state index contributed by atoms with van der Waals surface area (Å²) in [4.78, 5) is 9.77. The lowest BCUT2D eigenvalue weighted by Crippen LogP contribution is -2.12. The van der Waals surface area contributed by atoms with Crippen molar-refractivity contribution in [2.75, 3.05) is 5.32 Å². The predicted molar refractivity (Wildman–Crippen MR) is 104 cm³/mol. The van der Waals surface area contributed by atoms with Gasteiger partial charge in [-0.2, -0.15) is 0 Å². The molecule has 0 aliphatic carbocycles. The smallest absolute Gasteiger partial charge is 0.238 e. The summed E-state index contributed by atoms with van der Waals surface area (Å²) in [6.07, 6.45) is 1.48. The van der Waals surface area contributed by atoms with Crippen LogP contribution in [0, 0.1) is 0 Å². The third-order valence-corrected chi connectivity index (χ3v) is 5.89. The highest BCUT2D eigenvalue weighted by Gasteiger charge is 2.12. The van der Waals surface area contributed by atoms with Gasteiger partial charge in [-0.25, -0.2) is 23.5 Å². The number of hydrogen-bond acceptors (Lipinski definition) is 6. The quantitative estimate of drug-likeness (QED) is 0.560. The van der Waals surface area contributed by atoms with Crippen LogP contribution in [0.5, 0.6) is 0 Å². The van der Waals surface area contributed by atoms with Gasteiger partial charge in [0.1, 0.15) is 6.33 Å². The minimum absolute atomic E-state index is 0.0453. The van der Waals surface area contributed by atoms with Crippen LogP contribution in [0.2, 0.25) is 0 Å². The van der Waals surface area contributed by atoms with Crippen LogP contribution in [-0.4, -0.2) is 18.4 Å². The van der Waals surface area contributed by atoms with E-state index in [2.05, 4.69) is 15.3 Å². The second-order valence-corrected chi connectivity index (χ2v) is 8.22. The summed E-state index contributed by atoms with van der Waals surface area (Å²) in [5.74, 6) is 0.619. The van der Waals surface area contributed by atoms with E-state index >= 15 is 0 Å². The second kappa shape index (κ2) is 6.49. The summed E-state index contributed by atoms with van der Waals surface area (Å²) in [6.45, 7) is 0. The maximum atomic E-state index is 11.5. The van der Waals surface area contributed by atoms with E-state index in [1.165, 1.54) is 18.5 Å². The summed E-state index contributed by atoms with van der Waals surface area (Å²) >= 11 is 1.58. The van der Waals surface area contributed by atoms with E-state index in [4.69, 9.17) is 5.14 Å². The molecular weight excluding hydrogens is 368 g/mol. The Labute approximate surface area is 154 Å². The fourth-order valence-corrected chi connectivity index (χ4v) is 4.20. The highest BCUT2D eigenvalue weighted by atomic mass is 32.2. The molecule has 8 heteroatoms. The van der Waals surface area contributed by atoms with Gasteiger partial charge in [0.2, 0.25) is 10.0 Å². The molecular formula is C18H14N4O2S2. The Morgan fingerprint density at radius 3 is 2.54 bits per heavy atom. The van der Waals surface area contributed by atoms with E-state index < -0.39 is 10.0 Å². The van der Waals surface area contributed by atoms with Crippen molar-refractivity contribution in [2.24, 2.45) is 5.14 Å². The molecule has 0 atom stereocenters. The molecule has 2 heterocycles. The Morgan fingerprint density at radius 1 is 0.962 bits per heavy atom. The molecule has 0 amide bonds. The minimum Gasteiger partial charge on any atom is -0.339 e. The largest absolute Gasteiger partial charge is 0.339 e. The molecule has 0 radical (unpaired) electrons. The van der Waals surface area contributed by atoms with Crippen LogP contribution in [0.1, 0.15) is 0 Å². The number of nitrogens with two attached hydrogens (primary N) is 1. The molecule has 6 nitrogen and oxygen atoms in total. The molecule has 2 aromatic carbocycles. The van der Waals surface area contributed by atoms with Gasteiger partial charge >= 0.3 is 0 Å². The molecule has 3 N–H and O–H groups in total. The van der Waals surface area contributed by atoms with Crippen LogP contribution < -0.4 is 10.5 Å². The van der Waals surface area contributed by atoms with Gasteiger partial charge in [0.05, 0.1) is 15.1 Å². The Morgan fingerprint density at radius 2 is 1.77 bits per heavy atom. The number of rotatable bonds is 4. The molecule has 4 aromatic rings. The normalized spacial score (nSPS) is 11.6. The van der Waals surface area contributed by atoms with Crippen molar-refractivity contribution in [1.29, 1.82) is 0 Å². The van der Waals surface area contributed by atoms with Gasteiger partial charge in [-0.3, -0.25) is 0 Å². The van der Waals surface area contributed by atoms with Crippen molar-refractivity contribution in [3.05, 3.63) is 67.0 Å². The van der Waals surface area contributed by atoms with Gasteiger partial charge in [-0.15, -0.1) is 11.3 Å². The third kappa shape index (κ3) is 3.30. The monoisotopic (exact) mass is 382 g/mol. The van der Waals surface area contributed by atoms with E-state index in [1.54, 1.807) is 23.5 Å². The highest BCUT2D eigenvalue weighted by molar-refractivity contribution is 7.89. The van der Waals surface area contributed by atoms with Crippen molar-refractivity contribution in [3.8, 4) is 10.4 Å².